The average molecular weight is 455 g/mol. The van der Waals surface area contributed by atoms with E-state index >= 15 is 0 Å². The highest BCUT2D eigenvalue weighted by Gasteiger charge is 2.45. The summed E-state index contributed by atoms with van der Waals surface area (Å²) in [4.78, 5) is 24.7. The molecule has 2 heterocycles. The van der Waals surface area contributed by atoms with E-state index in [0.29, 0.717) is 17.3 Å². The summed E-state index contributed by atoms with van der Waals surface area (Å²) in [5.74, 6) is -0.644. The minimum Gasteiger partial charge on any atom is -0.426 e. The molecule has 0 bridgehead atoms. The van der Waals surface area contributed by atoms with Gasteiger partial charge in [-0.25, -0.2) is 26.8 Å². The number of likely N-dealkylation sites (N-methyl/N-ethyl adjacent to an activating group) is 1. The minimum absolute atomic E-state index is 0.0839. The van der Waals surface area contributed by atoms with E-state index in [0.717, 1.165) is 11.8 Å². The summed E-state index contributed by atoms with van der Waals surface area (Å²) in [6, 6.07) is -0.966. The maximum atomic E-state index is 12.6. The van der Waals surface area contributed by atoms with Crippen LogP contribution in [0.3, 0.4) is 0 Å². The van der Waals surface area contributed by atoms with Crippen LogP contribution in [0.1, 0.15) is 34.1 Å². The van der Waals surface area contributed by atoms with Gasteiger partial charge in [-0.1, -0.05) is 11.8 Å². The van der Waals surface area contributed by atoms with E-state index in [-0.39, 0.29) is 21.4 Å². The van der Waals surface area contributed by atoms with Crippen molar-refractivity contribution in [2.24, 2.45) is 5.14 Å². The van der Waals surface area contributed by atoms with Crippen molar-refractivity contribution in [1.29, 1.82) is 0 Å². The number of hydrogen-bond donors (Lipinski definition) is 1. The molecule has 0 saturated heterocycles. The molecule has 0 saturated carbocycles. The van der Waals surface area contributed by atoms with E-state index in [4.69, 9.17) is 14.6 Å². The van der Waals surface area contributed by atoms with Gasteiger partial charge in [-0.05, 0) is 31.9 Å². The van der Waals surface area contributed by atoms with Gasteiger partial charge >= 0.3 is 12.1 Å². The van der Waals surface area contributed by atoms with Crippen LogP contribution in [0.5, 0.6) is 0 Å². The highest BCUT2D eigenvalue weighted by atomic mass is 32.3. The molecular formula is C15H22N2O8S3. The first kappa shape index (κ1) is 22.7. The normalized spacial score (nSPS) is 24.8. The van der Waals surface area contributed by atoms with Gasteiger partial charge in [0.15, 0.2) is 9.84 Å². The molecule has 0 aromatic rings. The molecule has 28 heavy (non-hydrogen) atoms. The van der Waals surface area contributed by atoms with Gasteiger partial charge in [0.2, 0.25) is 16.3 Å². The minimum atomic E-state index is -4.19. The zero-order valence-electron chi connectivity index (χ0n) is 15.7. The van der Waals surface area contributed by atoms with Crippen molar-refractivity contribution in [3.63, 3.8) is 0 Å². The molecule has 0 aliphatic carbocycles. The Labute approximate surface area is 168 Å². The number of rotatable bonds is 5. The molecule has 2 unspecified atom stereocenters. The number of thioether (sulfide) groups is 1. The van der Waals surface area contributed by atoms with Crippen LogP contribution in [-0.2, 0) is 34.1 Å². The summed E-state index contributed by atoms with van der Waals surface area (Å²) in [7, 11) is -7.92. The Bertz CT molecular complexity index is 952. The number of esters is 1. The Hall–Kier alpha value is -1.57. The first-order chi connectivity index (χ1) is 12.8. The third-order valence-electron chi connectivity index (χ3n) is 4.19. The van der Waals surface area contributed by atoms with E-state index < -0.39 is 49.5 Å². The number of hydrogen-bond acceptors (Lipinski definition) is 9. The van der Waals surface area contributed by atoms with Crippen LogP contribution >= 0.6 is 11.8 Å². The summed E-state index contributed by atoms with van der Waals surface area (Å²) < 4.78 is 58.3. The van der Waals surface area contributed by atoms with Gasteiger partial charge in [-0.15, -0.1) is 0 Å². The molecular weight excluding hydrogens is 432 g/mol. The predicted octanol–water partition coefficient (Wildman–Crippen LogP) is 1.02. The van der Waals surface area contributed by atoms with Crippen molar-refractivity contribution in [2.45, 2.75) is 51.7 Å². The van der Waals surface area contributed by atoms with Crippen LogP contribution in [-0.4, -0.2) is 57.9 Å². The molecule has 13 heteroatoms. The summed E-state index contributed by atoms with van der Waals surface area (Å²) in [5.41, 5.74) is 0.406. The van der Waals surface area contributed by atoms with Crippen molar-refractivity contribution in [3.8, 4) is 0 Å². The van der Waals surface area contributed by atoms with Gasteiger partial charge < -0.3 is 9.47 Å². The highest BCUT2D eigenvalue weighted by molar-refractivity contribution is 8.27. The molecule has 0 spiro atoms. The number of carbonyl (C=O) groups is 2. The molecule has 0 aromatic heterocycles. The molecule has 0 radical (unpaired) electrons. The Morgan fingerprint density at radius 2 is 2.00 bits per heavy atom. The second-order valence-electron chi connectivity index (χ2n) is 6.30. The first-order valence-corrected chi connectivity index (χ1v) is 12.2. The lowest BCUT2D eigenvalue weighted by Crippen LogP contribution is -2.43. The molecule has 1 amide bonds. The third-order valence-corrected chi connectivity index (χ3v) is 9.57. The number of nitrogens with two attached hydrogens (primary N) is 1. The largest absolute Gasteiger partial charge is 0.426 e. The lowest BCUT2D eigenvalue weighted by atomic mass is 10.0. The topological polar surface area (TPSA) is 150 Å². The predicted molar refractivity (Wildman–Crippen MR) is 103 cm³/mol. The summed E-state index contributed by atoms with van der Waals surface area (Å²) in [5, 5.41) is 4.45. The van der Waals surface area contributed by atoms with Crippen LogP contribution in [0, 0.1) is 0 Å². The monoisotopic (exact) mass is 454 g/mol. The molecule has 0 aromatic carbocycles. The number of primary sulfonamides is 1. The van der Waals surface area contributed by atoms with Crippen molar-refractivity contribution >= 4 is 43.7 Å². The Morgan fingerprint density at radius 3 is 2.50 bits per heavy atom. The maximum absolute atomic E-state index is 12.6. The first-order valence-electron chi connectivity index (χ1n) is 8.32. The van der Waals surface area contributed by atoms with Crippen LogP contribution < -0.4 is 5.14 Å². The van der Waals surface area contributed by atoms with Gasteiger partial charge in [0.25, 0.3) is 0 Å². The number of amides is 1. The van der Waals surface area contributed by atoms with E-state index in [1.54, 1.807) is 6.92 Å². The molecule has 10 nitrogen and oxygen atoms in total. The Morgan fingerprint density at radius 1 is 1.39 bits per heavy atom. The SMILES string of the molecule is CCN(C(=O)OC(C)OC(C)=O)[C@H]1C=C(S(N)(=O)=O)SC2=C1CC(C)S2(=O)=O. The number of sulfonamides is 1. The van der Waals surface area contributed by atoms with Gasteiger partial charge in [0.05, 0.1) is 11.3 Å². The second-order valence-corrected chi connectivity index (χ2v) is 11.7. The van der Waals surface area contributed by atoms with Gasteiger partial charge in [0.1, 0.15) is 8.47 Å². The average Bonchev–Trinajstić information content (AvgIpc) is 2.76. The number of carbonyl (C=O) groups excluding carboxylic acids is 2. The molecule has 158 valence electrons. The van der Waals surface area contributed by atoms with E-state index in [2.05, 4.69) is 0 Å². The summed E-state index contributed by atoms with van der Waals surface area (Å²) in [6.07, 6.45) is -0.666. The quantitative estimate of drug-likeness (QED) is 0.474. The number of nitrogens with zero attached hydrogens (tertiary/aromatic N) is 1. The Kier molecular flexibility index (Phi) is 6.53. The standard InChI is InChI=1S/C15H22N2O8S3/c1-5-17(15(19)25-10(4)24-9(3)18)12-7-13(28(16,22)23)26-14-11(12)6-8(2)27(14,20)21/h7-8,10,12H,5-6H2,1-4H3,(H2,16,22,23)/t8?,10?,12-/m0/s1. The molecule has 2 aliphatic heterocycles. The fourth-order valence-corrected chi connectivity index (χ4v) is 7.39. The van der Waals surface area contributed by atoms with Crippen LogP contribution in [0.4, 0.5) is 4.79 Å². The molecule has 2 aliphatic rings. The van der Waals surface area contributed by atoms with Crippen molar-refractivity contribution in [3.05, 3.63) is 20.1 Å². The summed E-state index contributed by atoms with van der Waals surface area (Å²) in [6.45, 7) is 5.72. The molecule has 3 atom stereocenters. The molecule has 2 rings (SSSR count). The number of sulfone groups is 1. The lowest BCUT2D eigenvalue weighted by molar-refractivity contribution is -0.163. The fourth-order valence-electron chi connectivity index (χ4n) is 2.93. The third kappa shape index (κ3) is 4.53. The van der Waals surface area contributed by atoms with Crippen molar-refractivity contribution in [1.82, 2.24) is 4.90 Å². The second kappa shape index (κ2) is 8.05. The van der Waals surface area contributed by atoms with E-state index in [9.17, 15) is 26.4 Å². The van der Waals surface area contributed by atoms with Crippen LogP contribution in [0.2, 0.25) is 0 Å². The van der Waals surface area contributed by atoms with Gasteiger partial charge in [-0.2, -0.15) is 0 Å². The molecule has 2 N–H and O–H groups in total. The van der Waals surface area contributed by atoms with Gasteiger partial charge in [0, 0.05) is 20.4 Å². The smallest absolute Gasteiger partial charge is 0.413 e. The van der Waals surface area contributed by atoms with Crippen molar-refractivity contribution in [2.75, 3.05) is 6.54 Å². The number of ether oxygens (including phenoxy) is 2. The molecule has 0 fully saturated rings. The maximum Gasteiger partial charge on any atom is 0.413 e. The van der Waals surface area contributed by atoms with Gasteiger partial charge in [-0.3, -0.25) is 9.69 Å². The van der Waals surface area contributed by atoms with E-state index in [1.165, 1.54) is 19.9 Å². The Balaban J connectivity index is 2.45. The van der Waals surface area contributed by atoms with E-state index in [1.807, 2.05) is 0 Å². The fraction of sp³-hybridized carbons (Fsp3) is 0.600. The van der Waals surface area contributed by atoms with Crippen LogP contribution in [0.25, 0.3) is 0 Å². The summed E-state index contributed by atoms with van der Waals surface area (Å²) >= 11 is 0.577. The zero-order valence-corrected chi connectivity index (χ0v) is 18.2. The van der Waals surface area contributed by atoms with Crippen LogP contribution in [0.15, 0.2) is 20.1 Å². The highest BCUT2D eigenvalue weighted by Crippen LogP contribution is 2.48. The lowest BCUT2D eigenvalue weighted by Gasteiger charge is -2.32. The van der Waals surface area contributed by atoms with Crippen molar-refractivity contribution < 1.29 is 35.9 Å². The zero-order chi connectivity index (χ0) is 21.4.